The number of hydrogen-bond acceptors (Lipinski definition) is 7. The minimum atomic E-state index is -4.74. The van der Waals surface area contributed by atoms with Crippen LogP contribution in [-0.2, 0) is 19.3 Å². The van der Waals surface area contributed by atoms with Crippen LogP contribution in [0.15, 0.2) is 134 Å². The predicted octanol–water partition coefficient (Wildman–Crippen LogP) is 9.40. The number of aromatic nitrogens is 2. The van der Waals surface area contributed by atoms with Gasteiger partial charge < -0.3 is 14.2 Å². The summed E-state index contributed by atoms with van der Waals surface area (Å²) in [6.45, 7) is 0.851. The Kier molecular flexibility index (Phi) is 10.8. The first-order chi connectivity index (χ1) is 27.3. The molecule has 0 saturated carbocycles. The maximum atomic E-state index is 12.9. The van der Waals surface area contributed by atoms with Gasteiger partial charge in [-0.05, 0) is 95.1 Å². The number of amides is 2. The molecule has 9 nitrogen and oxygen atoms in total. The van der Waals surface area contributed by atoms with E-state index in [4.69, 9.17) is 9.47 Å². The van der Waals surface area contributed by atoms with E-state index in [1.807, 2.05) is 24.3 Å². The number of pyridine rings is 2. The lowest BCUT2D eigenvalue weighted by Crippen LogP contribution is -2.38. The van der Waals surface area contributed by atoms with E-state index >= 15 is 0 Å². The molecule has 2 aliphatic rings. The van der Waals surface area contributed by atoms with Gasteiger partial charge in [0.25, 0.3) is 11.8 Å². The third-order valence-electron chi connectivity index (χ3n) is 8.87. The second kappa shape index (κ2) is 16.1. The van der Waals surface area contributed by atoms with E-state index in [0.29, 0.717) is 58.0 Å². The average Bonchev–Trinajstić information content (AvgIpc) is 3.20. The smallest absolute Gasteiger partial charge is 0.472 e. The van der Waals surface area contributed by atoms with Crippen LogP contribution < -0.4 is 14.2 Å². The summed E-state index contributed by atoms with van der Waals surface area (Å²) in [5.74, 6) is 0.211. The van der Waals surface area contributed by atoms with Crippen molar-refractivity contribution in [3.8, 4) is 39.5 Å². The van der Waals surface area contributed by atoms with Crippen molar-refractivity contribution in [3.63, 3.8) is 0 Å². The molecule has 290 valence electrons. The molecule has 6 aromatic rings. The Morgan fingerprint density at radius 3 is 1.40 bits per heavy atom. The molecule has 15 heteroatoms. The number of hydrogen-bond donors (Lipinski definition) is 0. The van der Waals surface area contributed by atoms with Gasteiger partial charge in [-0.3, -0.25) is 29.4 Å². The summed E-state index contributed by atoms with van der Waals surface area (Å²) in [5, 5.41) is 0. The van der Waals surface area contributed by atoms with E-state index in [9.17, 15) is 35.9 Å². The zero-order valence-corrected chi connectivity index (χ0v) is 29.6. The molecule has 0 unspecified atom stereocenters. The van der Waals surface area contributed by atoms with Crippen LogP contribution in [0.1, 0.15) is 37.7 Å². The molecule has 0 saturated heterocycles. The number of halogens is 6. The van der Waals surface area contributed by atoms with Crippen LogP contribution in [0.5, 0.6) is 17.2 Å². The second-order valence-corrected chi connectivity index (χ2v) is 12.8. The summed E-state index contributed by atoms with van der Waals surface area (Å²) in [6.07, 6.45) is -5.82. The van der Waals surface area contributed by atoms with E-state index in [2.05, 4.69) is 14.7 Å². The number of ether oxygens (including phenoxy) is 3. The van der Waals surface area contributed by atoms with Gasteiger partial charge in [-0.15, -0.1) is 13.2 Å². The van der Waals surface area contributed by atoms with Crippen molar-refractivity contribution in [3.05, 3.63) is 162 Å². The van der Waals surface area contributed by atoms with Crippen molar-refractivity contribution in [1.29, 1.82) is 0 Å². The molecular weight excluding hydrogens is 754 g/mol. The highest BCUT2D eigenvalue weighted by Gasteiger charge is 2.32. The second-order valence-electron chi connectivity index (χ2n) is 12.8. The van der Waals surface area contributed by atoms with Crippen LogP contribution in [0.2, 0.25) is 0 Å². The van der Waals surface area contributed by atoms with Crippen LogP contribution in [0.25, 0.3) is 22.3 Å². The third kappa shape index (κ3) is 9.32. The van der Waals surface area contributed by atoms with E-state index in [-0.39, 0.29) is 31.0 Å². The van der Waals surface area contributed by atoms with Crippen molar-refractivity contribution in [2.45, 2.75) is 25.6 Å². The van der Waals surface area contributed by atoms with Crippen LogP contribution in [0.3, 0.4) is 0 Å². The van der Waals surface area contributed by atoms with Gasteiger partial charge in [0.1, 0.15) is 17.2 Å². The van der Waals surface area contributed by atoms with E-state index in [1.54, 1.807) is 60.9 Å². The third-order valence-corrected chi connectivity index (χ3v) is 8.87. The predicted molar refractivity (Wildman–Crippen MR) is 195 cm³/mol. The Hall–Kier alpha value is -6.90. The molecule has 0 aliphatic carbocycles. The lowest BCUT2D eigenvalue weighted by atomic mass is 10.00. The SMILES string of the molecule is O=C1c2cc(-c3ccc(C(F)(F)F)cc3)ccc2OCN1Cc1ccccn1.O=C1c2cc(-c3ccc(OC(F)(F)F)cc3)ccc2OCN1Cc1ccccn1. The number of benzene rings is 4. The number of carbonyl (C=O) groups excluding carboxylic acids is 2. The Morgan fingerprint density at radius 2 is 1.00 bits per heavy atom. The van der Waals surface area contributed by atoms with Gasteiger partial charge in [0.2, 0.25) is 0 Å². The highest BCUT2D eigenvalue weighted by atomic mass is 19.4. The summed E-state index contributed by atoms with van der Waals surface area (Å²) in [6, 6.07) is 31.4. The quantitative estimate of drug-likeness (QED) is 0.149. The highest BCUT2D eigenvalue weighted by molar-refractivity contribution is 5.99. The minimum Gasteiger partial charge on any atom is -0.472 e. The van der Waals surface area contributed by atoms with Crippen LogP contribution in [-0.4, -0.2) is 51.4 Å². The maximum absolute atomic E-state index is 12.9. The fourth-order valence-corrected chi connectivity index (χ4v) is 6.07. The standard InChI is InChI=1S/C21H15F3N2O3.C21H15F3N2O2/c22-21(23,24)29-17-7-4-14(5-8-17)15-6-9-19-18(11-15)20(27)26(13-28-19)12-16-3-1-2-10-25-16;22-21(23,24)16-7-4-14(5-8-16)15-6-9-19-18(11-15)20(27)26(13-28-19)12-17-3-1-2-10-25-17/h1-11H,12-13H2;1-11H,12-13H2. The van der Waals surface area contributed by atoms with E-state index in [0.717, 1.165) is 23.5 Å². The molecular formula is C42H30F6N4O5. The van der Waals surface area contributed by atoms with Crippen molar-refractivity contribution >= 4 is 11.8 Å². The van der Waals surface area contributed by atoms with Crippen molar-refractivity contribution in [2.24, 2.45) is 0 Å². The van der Waals surface area contributed by atoms with Crippen molar-refractivity contribution < 1.29 is 50.1 Å². The molecule has 4 aromatic carbocycles. The lowest BCUT2D eigenvalue weighted by molar-refractivity contribution is -0.274. The minimum absolute atomic E-state index is 0.113. The summed E-state index contributed by atoms with van der Waals surface area (Å²) >= 11 is 0. The first-order valence-corrected chi connectivity index (χ1v) is 17.3. The summed E-state index contributed by atoms with van der Waals surface area (Å²) in [5.41, 5.74) is 4.09. The van der Waals surface area contributed by atoms with Gasteiger partial charge in [0.15, 0.2) is 13.5 Å². The molecule has 0 fully saturated rings. The van der Waals surface area contributed by atoms with Crippen LogP contribution in [0, 0.1) is 0 Å². The first-order valence-electron chi connectivity index (χ1n) is 17.3. The molecule has 8 rings (SSSR count). The molecule has 0 N–H and O–H groups in total. The van der Waals surface area contributed by atoms with Gasteiger partial charge >= 0.3 is 12.5 Å². The largest absolute Gasteiger partial charge is 0.573 e. The molecule has 57 heavy (non-hydrogen) atoms. The molecule has 2 aliphatic heterocycles. The van der Waals surface area contributed by atoms with Gasteiger partial charge in [0.05, 0.1) is 41.2 Å². The van der Waals surface area contributed by atoms with Gasteiger partial charge in [-0.25, -0.2) is 0 Å². The Bertz CT molecular complexity index is 2360. The fourth-order valence-electron chi connectivity index (χ4n) is 6.07. The van der Waals surface area contributed by atoms with Gasteiger partial charge in [-0.1, -0.05) is 48.5 Å². The van der Waals surface area contributed by atoms with E-state index in [1.165, 1.54) is 46.2 Å². The monoisotopic (exact) mass is 784 g/mol. The van der Waals surface area contributed by atoms with Gasteiger partial charge in [0, 0.05) is 12.4 Å². The van der Waals surface area contributed by atoms with Gasteiger partial charge in [-0.2, -0.15) is 13.2 Å². The number of nitrogens with zero attached hydrogens (tertiary/aromatic N) is 4. The molecule has 2 aromatic heterocycles. The first kappa shape index (κ1) is 38.4. The molecule has 0 spiro atoms. The number of rotatable bonds is 7. The zero-order chi connectivity index (χ0) is 40.2. The number of alkyl halides is 6. The normalized spacial score (nSPS) is 13.7. The van der Waals surface area contributed by atoms with E-state index < -0.39 is 18.1 Å². The van der Waals surface area contributed by atoms with Crippen molar-refractivity contribution in [1.82, 2.24) is 19.8 Å². The number of carbonyl (C=O) groups is 2. The van der Waals surface area contributed by atoms with Crippen molar-refractivity contribution in [2.75, 3.05) is 13.5 Å². The summed E-state index contributed by atoms with van der Waals surface area (Å²) in [4.78, 5) is 37.2. The molecule has 2 amide bonds. The summed E-state index contributed by atoms with van der Waals surface area (Å²) < 4.78 is 90.4. The Labute approximate surface area is 321 Å². The fraction of sp³-hybridized carbons (Fsp3) is 0.143. The maximum Gasteiger partial charge on any atom is 0.573 e. The molecule has 0 radical (unpaired) electrons. The number of fused-ring (bicyclic) bond motifs is 2. The highest BCUT2D eigenvalue weighted by Crippen LogP contribution is 2.35. The lowest BCUT2D eigenvalue weighted by Gasteiger charge is -2.28. The molecule has 4 heterocycles. The molecule has 0 atom stereocenters. The zero-order valence-electron chi connectivity index (χ0n) is 29.6. The Balaban J connectivity index is 0.000000174. The summed E-state index contributed by atoms with van der Waals surface area (Å²) in [7, 11) is 0. The average molecular weight is 785 g/mol. The van der Waals surface area contributed by atoms with Crippen LogP contribution >= 0.6 is 0 Å². The topological polar surface area (TPSA) is 94.1 Å². The Morgan fingerprint density at radius 1 is 0.561 bits per heavy atom. The molecule has 0 bridgehead atoms. The van der Waals surface area contributed by atoms with Crippen LogP contribution in [0.4, 0.5) is 26.3 Å².